The van der Waals surface area contributed by atoms with Gasteiger partial charge in [-0.1, -0.05) is 0 Å². The van der Waals surface area contributed by atoms with Crippen molar-refractivity contribution < 1.29 is 22.7 Å². The molecule has 88 valence electrons. The molecule has 2 unspecified atom stereocenters. The highest BCUT2D eigenvalue weighted by Crippen LogP contribution is 2.13. The summed E-state index contributed by atoms with van der Waals surface area (Å²) in [6.07, 6.45) is -1.51. The Kier molecular flexibility index (Phi) is 3.67. The van der Waals surface area contributed by atoms with Gasteiger partial charge in [-0.25, -0.2) is 12.8 Å². The zero-order valence-corrected chi connectivity index (χ0v) is 9.21. The van der Waals surface area contributed by atoms with E-state index in [1.54, 1.807) is 0 Å². The smallest absolute Gasteiger partial charge is 0.323 e. The third-order valence-electron chi connectivity index (χ3n) is 2.46. The number of alkyl halides is 1. The lowest BCUT2D eigenvalue weighted by Gasteiger charge is -2.32. The molecular formula is C8H14FNO4S. The van der Waals surface area contributed by atoms with Crippen LogP contribution in [0.25, 0.3) is 0 Å². The van der Waals surface area contributed by atoms with E-state index in [2.05, 4.69) is 0 Å². The molecule has 1 aliphatic rings. The number of sulfone groups is 1. The number of hydrogen-bond donors (Lipinski definition) is 1. The SMILES string of the molecule is CC(F)C(C(=O)O)N1CCS(=O)(=O)CC1. The van der Waals surface area contributed by atoms with Gasteiger partial charge in [0.1, 0.15) is 12.2 Å². The monoisotopic (exact) mass is 239 g/mol. The molecule has 0 spiro atoms. The number of carbonyl (C=O) groups is 1. The van der Waals surface area contributed by atoms with Crippen LogP contribution < -0.4 is 0 Å². The van der Waals surface area contributed by atoms with Crippen molar-refractivity contribution in [3.63, 3.8) is 0 Å². The van der Waals surface area contributed by atoms with Crippen LogP contribution in [0.3, 0.4) is 0 Å². The topological polar surface area (TPSA) is 74.7 Å². The molecule has 7 heteroatoms. The lowest BCUT2D eigenvalue weighted by molar-refractivity contribution is -0.145. The highest BCUT2D eigenvalue weighted by atomic mass is 32.2. The molecule has 0 aromatic rings. The first-order valence-electron chi connectivity index (χ1n) is 4.65. The Labute approximate surface area is 87.8 Å². The van der Waals surface area contributed by atoms with Crippen molar-refractivity contribution in [3.05, 3.63) is 0 Å². The zero-order valence-electron chi connectivity index (χ0n) is 8.39. The Bertz CT molecular complexity index is 327. The van der Waals surface area contributed by atoms with Crippen molar-refractivity contribution in [3.8, 4) is 0 Å². The van der Waals surface area contributed by atoms with Gasteiger partial charge in [-0.15, -0.1) is 0 Å². The van der Waals surface area contributed by atoms with Crippen LogP contribution in [0.2, 0.25) is 0 Å². The predicted molar refractivity (Wildman–Crippen MR) is 52.2 cm³/mol. The highest BCUT2D eigenvalue weighted by Gasteiger charge is 2.34. The predicted octanol–water partition coefficient (Wildman–Crippen LogP) is -0.472. The molecule has 0 aliphatic carbocycles. The average Bonchev–Trinajstić information content (AvgIpc) is 2.07. The molecule has 1 aliphatic heterocycles. The molecule has 1 N–H and O–H groups in total. The van der Waals surface area contributed by atoms with Crippen LogP contribution in [0.1, 0.15) is 6.92 Å². The van der Waals surface area contributed by atoms with Crippen LogP contribution in [0, 0.1) is 0 Å². The van der Waals surface area contributed by atoms with Gasteiger partial charge in [-0.05, 0) is 6.92 Å². The van der Waals surface area contributed by atoms with Crippen molar-refractivity contribution in [2.75, 3.05) is 24.6 Å². The first-order valence-corrected chi connectivity index (χ1v) is 6.47. The fourth-order valence-corrected chi connectivity index (χ4v) is 2.88. The molecule has 2 atom stereocenters. The van der Waals surface area contributed by atoms with Crippen LogP contribution in [0.4, 0.5) is 4.39 Å². The van der Waals surface area contributed by atoms with Gasteiger partial charge < -0.3 is 5.11 Å². The summed E-state index contributed by atoms with van der Waals surface area (Å²) in [5, 5.41) is 8.79. The van der Waals surface area contributed by atoms with Gasteiger partial charge in [0.05, 0.1) is 11.5 Å². The maximum atomic E-state index is 13.0. The molecule has 0 aromatic heterocycles. The van der Waals surface area contributed by atoms with Crippen LogP contribution in [-0.4, -0.2) is 61.2 Å². The third-order valence-corrected chi connectivity index (χ3v) is 4.07. The van der Waals surface area contributed by atoms with E-state index in [0.29, 0.717) is 0 Å². The number of rotatable bonds is 3. The summed E-state index contributed by atoms with van der Waals surface area (Å²) in [7, 11) is -3.06. The van der Waals surface area contributed by atoms with E-state index in [-0.39, 0.29) is 24.6 Å². The molecule has 0 amide bonds. The molecule has 0 saturated carbocycles. The molecule has 1 heterocycles. The van der Waals surface area contributed by atoms with E-state index in [1.807, 2.05) is 0 Å². The summed E-state index contributed by atoms with van der Waals surface area (Å²) < 4.78 is 35.2. The first kappa shape index (κ1) is 12.4. The third kappa shape index (κ3) is 3.13. The van der Waals surface area contributed by atoms with Crippen LogP contribution in [-0.2, 0) is 14.6 Å². The molecule has 0 radical (unpaired) electrons. The van der Waals surface area contributed by atoms with Gasteiger partial charge in [0.15, 0.2) is 9.84 Å². The lowest BCUT2D eigenvalue weighted by atomic mass is 10.1. The van der Waals surface area contributed by atoms with E-state index >= 15 is 0 Å². The highest BCUT2D eigenvalue weighted by molar-refractivity contribution is 7.91. The fraction of sp³-hybridized carbons (Fsp3) is 0.875. The molecule has 1 saturated heterocycles. The normalized spacial score (nSPS) is 25.7. The fourth-order valence-electron chi connectivity index (χ4n) is 1.65. The Morgan fingerprint density at radius 3 is 2.20 bits per heavy atom. The zero-order chi connectivity index (χ0) is 11.6. The number of halogens is 1. The summed E-state index contributed by atoms with van der Waals surface area (Å²) in [6, 6.07) is -1.24. The van der Waals surface area contributed by atoms with Gasteiger partial charge in [0.25, 0.3) is 0 Å². The maximum absolute atomic E-state index is 13.0. The second-order valence-corrected chi connectivity index (χ2v) is 5.95. The minimum atomic E-state index is -3.06. The van der Waals surface area contributed by atoms with Gasteiger partial charge in [-0.3, -0.25) is 9.69 Å². The number of hydrogen-bond acceptors (Lipinski definition) is 4. The molecule has 1 fully saturated rings. The summed E-state index contributed by atoms with van der Waals surface area (Å²) in [5.41, 5.74) is 0. The Morgan fingerprint density at radius 2 is 1.87 bits per heavy atom. The van der Waals surface area contributed by atoms with Gasteiger partial charge in [0, 0.05) is 13.1 Å². The van der Waals surface area contributed by atoms with Gasteiger partial charge >= 0.3 is 5.97 Å². The lowest BCUT2D eigenvalue weighted by Crippen LogP contribution is -2.52. The standard InChI is InChI=1S/C8H14FNO4S/c1-6(9)7(8(11)12)10-2-4-15(13,14)5-3-10/h6-7H,2-5H2,1H3,(H,11,12). The van der Waals surface area contributed by atoms with Gasteiger partial charge in [0.2, 0.25) is 0 Å². The van der Waals surface area contributed by atoms with Gasteiger partial charge in [-0.2, -0.15) is 0 Å². The number of nitrogens with zero attached hydrogens (tertiary/aromatic N) is 1. The second kappa shape index (κ2) is 4.44. The summed E-state index contributed by atoms with van der Waals surface area (Å²) in [5.74, 6) is -1.43. The van der Waals surface area contributed by atoms with Crippen LogP contribution >= 0.6 is 0 Å². The maximum Gasteiger partial charge on any atom is 0.323 e. The molecule has 5 nitrogen and oxygen atoms in total. The summed E-state index contributed by atoms with van der Waals surface area (Å²) in [6.45, 7) is 1.35. The molecular weight excluding hydrogens is 225 g/mol. The van der Waals surface area contributed by atoms with E-state index < -0.39 is 28.0 Å². The minimum absolute atomic E-state index is 0.0908. The van der Waals surface area contributed by atoms with E-state index in [9.17, 15) is 17.6 Å². The summed E-state index contributed by atoms with van der Waals surface area (Å²) in [4.78, 5) is 12.1. The Hall–Kier alpha value is -0.690. The van der Waals surface area contributed by atoms with Crippen LogP contribution in [0.5, 0.6) is 0 Å². The number of aliphatic carboxylic acids is 1. The molecule has 1 rings (SSSR count). The largest absolute Gasteiger partial charge is 0.480 e. The van der Waals surface area contributed by atoms with Crippen molar-refractivity contribution in [1.82, 2.24) is 4.90 Å². The number of carboxylic acids is 1. The average molecular weight is 239 g/mol. The van der Waals surface area contributed by atoms with Crippen LogP contribution in [0.15, 0.2) is 0 Å². The van der Waals surface area contributed by atoms with E-state index in [0.717, 1.165) is 0 Å². The van der Waals surface area contributed by atoms with E-state index in [4.69, 9.17) is 5.11 Å². The van der Waals surface area contributed by atoms with E-state index in [1.165, 1.54) is 11.8 Å². The summed E-state index contributed by atoms with van der Waals surface area (Å²) >= 11 is 0. The number of carboxylic acid groups (broad SMARTS) is 1. The van der Waals surface area contributed by atoms with Crippen molar-refractivity contribution in [2.45, 2.75) is 19.1 Å². The quantitative estimate of drug-likeness (QED) is 0.720. The first-order chi connectivity index (χ1) is 6.83. The molecule has 15 heavy (non-hydrogen) atoms. The Morgan fingerprint density at radius 1 is 1.40 bits per heavy atom. The second-order valence-electron chi connectivity index (χ2n) is 3.65. The minimum Gasteiger partial charge on any atom is -0.480 e. The Balaban J connectivity index is 2.69. The molecule has 0 aromatic carbocycles. The van der Waals surface area contributed by atoms with Crippen molar-refractivity contribution >= 4 is 15.8 Å². The molecule has 0 bridgehead atoms. The van der Waals surface area contributed by atoms with Crippen molar-refractivity contribution in [1.29, 1.82) is 0 Å². The van der Waals surface area contributed by atoms with Crippen molar-refractivity contribution in [2.24, 2.45) is 0 Å².